The summed E-state index contributed by atoms with van der Waals surface area (Å²) in [5, 5.41) is 7.29. The molecule has 0 aliphatic carbocycles. The summed E-state index contributed by atoms with van der Waals surface area (Å²) in [5.74, 6) is -0.174. The fourth-order valence-corrected chi connectivity index (χ4v) is 5.33. The molecular weight excluding hydrogens is 484 g/mol. The van der Waals surface area contributed by atoms with Gasteiger partial charge in [0, 0.05) is 62.4 Å². The Balaban J connectivity index is 1.52. The second kappa shape index (κ2) is 10.7. The third-order valence-corrected chi connectivity index (χ3v) is 7.24. The molecule has 0 saturated carbocycles. The molecule has 9 heteroatoms. The van der Waals surface area contributed by atoms with E-state index in [2.05, 4.69) is 15.6 Å². The van der Waals surface area contributed by atoms with Crippen molar-refractivity contribution < 1.29 is 4.79 Å². The molecule has 0 fully saturated rings. The van der Waals surface area contributed by atoms with E-state index in [9.17, 15) is 9.59 Å². The predicted molar refractivity (Wildman–Crippen MR) is 151 cm³/mol. The number of nitrogens with zero attached hydrogens (tertiary/aromatic N) is 4. The number of benzene rings is 2. The van der Waals surface area contributed by atoms with Crippen LogP contribution < -0.4 is 21.1 Å². The number of aryl methyl sites for hydroxylation is 1. The molecule has 0 atom stereocenters. The molecule has 8 nitrogen and oxygen atoms in total. The van der Waals surface area contributed by atoms with Gasteiger partial charge in [-0.2, -0.15) is 0 Å². The van der Waals surface area contributed by atoms with Crippen molar-refractivity contribution in [3.05, 3.63) is 101 Å². The van der Waals surface area contributed by atoms with Gasteiger partial charge in [-0.25, -0.2) is 4.98 Å². The minimum Gasteiger partial charge on any atom is -0.378 e. The van der Waals surface area contributed by atoms with Crippen molar-refractivity contribution >= 4 is 44.5 Å². The first-order valence-corrected chi connectivity index (χ1v) is 12.9. The van der Waals surface area contributed by atoms with E-state index in [1.165, 1.54) is 11.3 Å². The summed E-state index contributed by atoms with van der Waals surface area (Å²) in [5.41, 5.74) is 3.20. The second-order valence-electron chi connectivity index (χ2n) is 8.84. The number of hydrogen-bond acceptors (Lipinski definition) is 6. The van der Waals surface area contributed by atoms with Gasteiger partial charge in [-0.15, -0.1) is 11.3 Å². The Hall–Kier alpha value is -4.37. The summed E-state index contributed by atoms with van der Waals surface area (Å²) in [7, 11) is 3.95. The molecule has 3 aromatic heterocycles. The zero-order chi connectivity index (χ0) is 25.8. The largest absolute Gasteiger partial charge is 0.378 e. The van der Waals surface area contributed by atoms with Gasteiger partial charge in [0.1, 0.15) is 9.71 Å². The number of imidazole rings is 1. The lowest BCUT2D eigenvalue weighted by atomic mass is 10.2. The van der Waals surface area contributed by atoms with Gasteiger partial charge in [-0.05, 0) is 48.9 Å². The van der Waals surface area contributed by atoms with Crippen LogP contribution in [0.4, 0.5) is 17.1 Å². The second-order valence-corrected chi connectivity index (χ2v) is 9.84. The Morgan fingerprint density at radius 3 is 2.51 bits per heavy atom. The predicted octanol–water partition coefficient (Wildman–Crippen LogP) is 4.88. The number of thiophene rings is 1. The number of amides is 1. The number of pyridine rings is 1. The normalized spacial score (nSPS) is 11.0. The molecule has 37 heavy (non-hydrogen) atoms. The van der Waals surface area contributed by atoms with Gasteiger partial charge in [0.25, 0.3) is 11.5 Å². The third-order valence-electron chi connectivity index (χ3n) is 6.05. The van der Waals surface area contributed by atoms with Crippen LogP contribution in [0.1, 0.15) is 16.1 Å². The Labute approximate surface area is 218 Å². The van der Waals surface area contributed by atoms with Gasteiger partial charge in [0.2, 0.25) is 0 Å². The van der Waals surface area contributed by atoms with E-state index in [4.69, 9.17) is 0 Å². The molecule has 2 aromatic carbocycles. The van der Waals surface area contributed by atoms with Gasteiger partial charge >= 0.3 is 0 Å². The molecule has 5 rings (SSSR count). The summed E-state index contributed by atoms with van der Waals surface area (Å²) >= 11 is 1.32. The van der Waals surface area contributed by atoms with Crippen molar-refractivity contribution in [2.24, 2.45) is 0 Å². The van der Waals surface area contributed by atoms with Crippen molar-refractivity contribution in [3.8, 4) is 5.69 Å². The number of carbonyl (C=O) groups is 1. The molecule has 0 bridgehead atoms. The molecule has 5 aromatic rings. The third kappa shape index (κ3) is 5.26. The molecule has 0 unspecified atom stereocenters. The Kier molecular flexibility index (Phi) is 7.04. The number of anilines is 3. The Bertz CT molecular complexity index is 1550. The first-order chi connectivity index (χ1) is 18.0. The molecule has 0 saturated heterocycles. The number of carbonyl (C=O) groups excluding carboxylic acids is 1. The molecule has 0 aliphatic rings. The molecule has 0 aliphatic heterocycles. The van der Waals surface area contributed by atoms with E-state index >= 15 is 0 Å². The molecule has 2 N–H and O–H groups in total. The topological polar surface area (TPSA) is 84.2 Å². The van der Waals surface area contributed by atoms with E-state index in [1.54, 1.807) is 29.2 Å². The highest BCUT2D eigenvalue weighted by molar-refractivity contribution is 7.21. The molecule has 3 heterocycles. The number of hydrogen-bond donors (Lipinski definition) is 2. The van der Waals surface area contributed by atoms with E-state index in [-0.39, 0.29) is 11.5 Å². The smallest absolute Gasteiger partial charge is 0.263 e. The van der Waals surface area contributed by atoms with Crippen molar-refractivity contribution in [1.29, 1.82) is 0 Å². The lowest BCUT2D eigenvalue weighted by molar-refractivity contribution is 0.0957. The van der Waals surface area contributed by atoms with E-state index in [1.807, 2.05) is 84.4 Å². The quantitative estimate of drug-likeness (QED) is 0.275. The standard InChI is InChI=1S/C28H28N6O2S/c1-32(2)21-9-11-22(12-10-21)34-24(35)14-13-23-25(31-20-7-4-3-5-8-20)26(37-28(23)34)27(36)30-15-6-17-33-18-16-29-19-33/h3-5,7-14,16,18-19,31H,6,15,17H2,1-2H3,(H,30,36). The van der Waals surface area contributed by atoms with Crippen LogP contribution in [0.25, 0.3) is 15.9 Å². The van der Waals surface area contributed by atoms with Gasteiger partial charge in [-0.3, -0.25) is 14.2 Å². The van der Waals surface area contributed by atoms with Crippen LogP contribution in [0.3, 0.4) is 0 Å². The fourth-order valence-electron chi connectivity index (χ4n) is 4.14. The average Bonchev–Trinajstić information content (AvgIpc) is 3.55. The number of aromatic nitrogens is 3. The highest BCUT2D eigenvalue weighted by Crippen LogP contribution is 2.38. The van der Waals surface area contributed by atoms with Crippen molar-refractivity contribution in [2.45, 2.75) is 13.0 Å². The van der Waals surface area contributed by atoms with Gasteiger partial charge in [0.15, 0.2) is 0 Å². The monoisotopic (exact) mass is 512 g/mol. The van der Waals surface area contributed by atoms with Crippen LogP contribution in [0.5, 0.6) is 0 Å². The number of nitrogens with one attached hydrogen (secondary N) is 2. The average molecular weight is 513 g/mol. The highest BCUT2D eigenvalue weighted by atomic mass is 32.1. The maximum absolute atomic E-state index is 13.4. The van der Waals surface area contributed by atoms with E-state index in [0.717, 1.165) is 35.4 Å². The van der Waals surface area contributed by atoms with Crippen LogP contribution >= 0.6 is 11.3 Å². The van der Waals surface area contributed by atoms with E-state index in [0.29, 0.717) is 21.9 Å². The zero-order valence-corrected chi connectivity index (χ0v) is 21.5. The molecule has 0 radical (unpaired) electrons. The van der Waals surface area contributed by atoms with Gasteiger partial charge in [0.05, 0.1) is 17.7 Å². The first kappa shape index (κ1) is 24.3. The molecule has 0 spiro atoms. The van der Waals surface area contributed by atoms with Gasteiger partial charge < -0.3 is 20.1 Å². The summed E-state index contributed by atoms with van der Waals surface area (Å²) < 4.78 is 3.65. The molecular formula is C28H28N6O2S. The van der Waals surface area contributed by atoms with Gasteiger partial charge in [-0.1, -0.05) is 18.2 Å². The summed E-state index contributed by atoms with van der Waals surface area (Å²) in [6.45, 7) is 1.29. The van der Waals surface area contributed by atoms with Crippen molar-refractivity contribution in [1.82, 2.24) is 19.4 Å². The van der Waals surface area contributed by atoms with Crippen molar-refractivity contribution in [2.75, 3.05) is 30.9 Å². The van der Waals surface area contributed by atoms with Crippen LogP contribution in [0, 0.1) is 0 Å². The zero-order valence-electron chi connectivity index (χ0n) is 20.7. The molecule has 188 valence electrons. The fraction of sp³-hybridized carbons (Fsp3) is 0.179. The van der Waals surface area contributed by atoms with Crippen LogP contribution in [0.15, 0.2) is 90.2 Å². The van der Waals surface area contributed by atoms with Crippen LogP contribution in [-0.4, -0.2) is 40.7 Å². The van der Waals surface area contributed by atoms with Crippen LogP contribution in [-0.2, 0) is 6.54 Å². The van der Waals surface area contributed by atoms with Crippen molar-refractivity contribution in [3.63, 3.8) is 0 Å². The Morgan fingerprint density at radius 1 is 1.03 bits per heavy atom. The number of para-hydroxylation sites is 1. The minimum absolute atomic E-state index is 0.148. The lowest BCUT2D eigenvalue weighted by Gasteiger charge is -2.14. The summed E-state index contributed by atoms with van der Waals surface area (Å²) in [6, 6.07) is 20.9. The Morgan fingerprint density at radius 2 is 1.81 bits per heavy atom. The first-order valence-electron chi connectivity index (χ1n) is 12.0. The lowest BCUT2D eigenvalue weighted by Crippen LogP contribution is -2.25. The molecule has 1 amide bonds. The summed E-state index contributed by atoms with van der Waals surface area (Å²) in [4.78, 5) is 33.8. The maximum Gasteiger partial charge on any atom is 0.263 e. The summed E-state index contributed by atoms with van der Waals surface area (Å²) in [6.07, 6.45) is 6.18. The maximum atomic E-state index is 13.4. The van der Waals surface area contributed by atoms with Crippen LogP contribution in [0.2, 0.25) is 0 Å². The van der Waals surface area contributed by atoms with E-state index < -0.39 is 0 Å². The SMILES string of the molecule is CN(C)c1ccc(-n2c(=O)ccc3c(Nc4ccccc4)c(C(=O)NCCCn4ccnc4)sc32)cc1. The minimum atomic E-state index is -0.174. The number of rotatable bonds is 9. The highest BCUT2D eigenvalue weighted by Gasteiger charge is 2.22. The number of fused-ring (bicyclic) bond motifs is 1.